The lowest BCUT2D eigenvalue weighted by atomic mass is 10.1. The number of rotatable bonds is 21. The summed E-state index contributed by atoms with van der Waals surface area (Å²) < 4.78 is 27.2. The highest BCUT2D eigenvalue weighted by molar-refractivity contribution is 6.26. The maximum absolute atomic E-state index is 5.54. The smallest absolute Gasteiger partial charge is 0.229 e. The largest absolute Gasteiger partial charge is 0.415 e. The second-order valence-corrected chi connectivity index (χ2v) is 6.85. The van der Waals surface area contributed by atoms with Crippen LogP contribution in [0.2, 0.25) is 6.04 Å². The Morgan fingerprint density at radius 3 is 1.50 bits per heavy atom. The summed E-state index contributed by atoms with van der Waals surface area (Å²) in [5, 5.41) is 0. The summed E-state index contributed by atoms with van der Waals surface area (Å²) in [4.78, 5) is 0. The van der Waals surface area contributed by atoms with Gasteiger partial charge in [-0.2, -0.15) is 0 Å². The van der Waals surface area contributed by atoms with Crippen molar-refractivity contribution in [1.82, 2.24) is 0 Å². The Kier molecular flexibility index (Phi) is 23.0. The minimum absolute atomic E-state index is 0.587. The van der Waals surface area contributed by atoms with Crippen LogP contribution in [0.5, 0.6) is 0 Å². The van der Waals surface area contributed by atoms with Crippen molar-refractivity contribution in [3.05, 3.63) is 0 Å². The van der Waals surface area contributed by atoms with Crippen LogP contribution in [-0.4, -0.2) is 69.2 Å². The summed E-state index contributed by atoms with van der Waals surface area (Å²) in [6, 6.07) is 1.08. The normalized spacial score (nSPS) is 11.2. The molecule has 0 fully saturated rings. The van der Waals surface area contributed by atoms with E-state index in [0.717, 1.165) is 19.1 Å². The molecule has 0 aromatic rings. The van der Waals surface area contributed by atoms with Gasteiger partial charge in [-0.3, -0.25) is 0 Å². The fourth-order valence-electron chi connectivity index (χ4n) is 2.02. The number of ether oxygens (including phenoxy) is 4. The topological polar surface area (TPSA) is 46.2 Å². The molecule has 0 aromatic carbocycles. The van der Waals surface area contributed by atoms with Gasteiger partial charge in [0.1, 0.15) is 0 Å². The van der Waals surface area contributed by atoms with Crippen LogP contribution in [0.1, 0.15) is 52.4 Å². The highest BCUT2D eigenvalue weighted by Crippen LogP contribution is 2.04. The Balaban J connectivity index is 2.93. The van der Waals surface area contributed by atoms with Gasteiger partial charge in [-0.15, -0.1) is 0 Å². The lowest BCUT2D eigenvalue weighted by Crippen LogP contribution is -2.13. The van der Waals surface area contributed by atoms with Crippen LogP contribution in [0.3, 0.4) is 0 Å². The molecular formula is C18H38O5Si. The van der Waals surface area contributed by atoms with E-state index in [-0.39, 0.29) is 0 Å². The van der Waals surface area contributed by atoms with Gasteiger partial charge in [-0.25, -0.2) is 0 Å². The van der Waals surface area contributed by atoms with Crippen molar-refractivity contribution >= 4 is 9.76 Å². The van der Waals surface area contributed by atoms with Gasteiger partial charge in [0.15, 0.2) is 0 Å². The third-order valence-corrected chi connectivity index (χ3v) is 4.03. The zero-order chi connectivity index (χ0) is 17.6. The quantitative estimate of drug-likeness (QED) is 0.231. The summed E-state index contributed by atoms with van der Waals surface area (Å²) in [5.41, 5.74) is 0. The van der Waals surface area contributed by atoms with Crippen molar-refractivity contribution < 1.29 is 23.4 Å². The van der Waals surface area contributed by atoms with E-state index in [1.807, 2.05) is 0 Å². The van der Waals surface area contributed by atoms with Crippen molar-refractivity contribution in [1.29, 1.82) is 0 Å². The van der Waals surface area contributed by atoms with Crippen LogP contribution >= 0.6 is 0 Å². The van der Waals surface area contributed by atoms with E-state index in [0.29, 0.717) is 62.6 Å². The van der Waals surface area contributed by atoms with E-state index in [2.05, 4.69) is 13.8 Å². The van der Waals surface area contributed by atoms with Crippen LogP contribution in [-0.2, 0) is 23.4 Å². The summed E-state index contributed by atoms with van der Waals surface area (Å²) >= 11 is 0. The van der Waals surface area contributed by atoms with Crippen LogP contribution < -0.4 is 0 Å². The summed E-state index contributed by atoms with van der Waals surface area (Å²) in [5.74, 6) is 0. The minimum Gasteiger partial charge on any atom is -0.415 e. The first-order valence-electron chi connectivity index (χ1n) is 9.57. The van der Waals surface area contributed by atoms with Crippen molar-refractivity contribution in [2.45, 2.75) is 58.4 Å². The third kappa shape index (κ3) is 22.0. The molecule has 6 heteroatoms. The molecule has 0 saturated carbocycles. The van der Waals surface area contributed by atoms with E-state index >= 15 is 0 Å². The van der Waals surface area contributed by atoms with E-state index in [1.165, 1.54) is 32.1 Å². The van der Waals surface area contributed by atoms with Gasteiger partial charge >= 0.3 is 0 Å². The van der Waals surface area contributed by atoms with Gasteiger partial charge in [-0.1, -0.05) is 46.0 Å². The third-order valence-electron chi connectivity index (χ3n) is 3.33. The number of hydrogen-bond acceptors (Lipinski definition) is 5. The van der Waals surface area contributed by atoms with Gasteiger partial charge in [0, 0.05) is 6.61 Å². The Labute approximate surface area is 151 Å². The van der Waals surface area contributed by atoms with E-state index in [4.69, 9.17) is 23.4 Å². The average molecular weight is 363 g/mol. The lowest BCUT2D eigenvalue weighted by molar-refractivity contribution is -0.00480. The van der Waals surface area contributed by atoms with Gasteiger partial charge in [-0.05, 0) is 12.5 Å². The SMILES string of the molecule is CCCCCCCCOCCOCCOCCOCCO[Si]CC. The molecular weight excluding hydrogens is 324 g/mol. The molecule has 0 bridgehead atoms. The minimum atomic E-state index is 0.587. The molecule has 144 valence electrons. The first-order chi connectivity index (χ1) is 11.9. The first kappa shape index (κ1) is 24.0. The molecule has 0 heterocycles. The van der Waals surface area contributed by atoms with Crippen LogP contribution in [0.15, 0.2) is 0 Å². The molecule has 0 amide bonds. The highest BCUT2D eigenvalue weighted by atomic mass is 28.2. The zero-order valence-corrected chi connectivity index (χ0v) is 16.9. The summed E-state index contributed by atoms with van der Waals surface area (Å²) in [6.45, 7) is 10.3. The Bertz CT molecular complexity index is 198. The monoisotopic (exact) mass is 362 g/mol. The summed E-state index contributed by atoms with van der Waals surface area (Å²) in [6.07, 6.45) is 7.80. The van der Waals surface area contributed by atoms with Crippen molar-refractivity contribution in [3.63, 3.8) is 0 Å². The summed E-state index contributed by atoms with van der Waals surface area (Å²) in [7, 11) is 0.587. The molecule has 0 unspecified atom stereocenters. The highest BCUT2D eigenvalue weighted by Gasteiger charge is 1.94. The molecule has 0 rings (SSSR count). The maximum Gasteiger partial charge on any atom is 0.229 e. The zero-order valence-electron chi connectivity index (χ0n) is 15.9. The predicted octanol–water partition coefficient (Wildman–Crippen LogP) is 3.49. The molecule has 0 spiro atoms. The van der Waals surface area contributed by atoms with Crippen LogP contribution in [0.25, 0.3) is 0 Å². The molecule has 0 aliphatic carbocycles. The van der Waals surface area contributed by atoms with E-state index in [9.17, 15) is 0 Å². The lowest BCUT2D eigenvalue weighted by Gasteiger charge is -2.07. The molecule has 0 atom stereocenters. The Morgan fingerprint density at radius 2 is 0.958 bits per heavy atom. The second-order valence-electron chi connectivity index (χ2n) is 5.56. The average Bonchev–Trinajstić information content (AvgIpc) is 2.60. The molecule has 2 radical (unpaired) electrons. The van der Waals surface area contributed by atoms with Gasteiger partial charge in [0.05, 0.1) is 52.9 Å². The molecule has 0 saturated heterocycles. The van der Waals surface area contributed by atoms with Crippen LogP contribution in [0, 0.1) is 0 Å². The van der Waals surface area contributed by atoms with E-state index in [1.54, 1.807) is 0 Å². The second kappa shape index (κ2) is 23.0. The fourth-order valence-corrected chi connectivity index (χ4v) is 2.45. The van der Waals surface area contributed by atoms with Crippen molar-refractivity contribution in [3.8, 4) is 0 Å². The van der Waals surface area contributed by atoms with Crippen LogP contribution in [0.4, 0.5) is 0 Å². The fraction of sp³-hybridized carbons (Fsp3) is 1.00. The van der Waals surface area contributed by atoms with Crippen molar-refractivity contribution in [2.24, 2.45) is 0 Å². The van der Waals surface area contributed by atoms with E-state index < -0.39 is 0 Å². The molecule has 0 aliphatic rings. The standard InChI is InChI=1S/C18H38O5Si/c1-3-5-6-7-8-9-10-19-11-12-20-13-14-21-15-16-22-17-18-23-24-4-2/h3-18H2,1-2H3. The van der Waals surface area contributed by atoms with Crippen molar-refractivity contribution in [2.75, 3.05) is 59.5 Å². The Morgan fingerprint density at radius 1 is 0.500 bits per heavy atom. The van der Waals surface area contributed by atoms with Gasteiger partial charge < -0.3 is 23.4 Å². The van der Waals surface area contributed by atoms with Gasteiger partial charge in [0.2, 0.25) is 9.76 Å². The van der Waals surface area contributed by atoms with Gasteiger partial charge in [0.25, 0.3) is 0 Å². The number of unbranched alkanes of at least 4 members (excludes halogenated alkanes) is 5. The molecule has 0 N–H and O–H groups in total. The Hall–Kier alpha value is 0.0169. The molecule has 0 aromatic heterocycles. The first-order valence-corrected chi connectivity index (χ1v) is 10.7. The molecule has 0 aliphatic heterocycles. The molecule has 24 heavy (non-hydrogen) atoms. The maximum atomic E-state index is 5.54. The number of hydrogen-bond donors (Lipinski definition) is 0. The predicted molar refractivity (Wildman–Crippen MR) is 98.8 cm³/mol. The molecule has 5 nitrogen and oxygen atoms in total.